The lowest BCUT2D eigenvalue weighted by molar-refractivity contribution is 0.103. The maximum Gasteiger partial charge on any atom is 0.271 e. The molecule has 2 heterocycles. The Bertz CT molecular complexity index is 626. The second-order valence-corrected chi connectivity index (χ2v) is 7.08. The molecule has 0 spiro atoms. The zero-order valence-electron chi connectivity index (χ0n) is 11.8. The number of carbonyl (C=O) groups is 1. The third-order valence-electron chi connectivity index (χ3n) is 2.57. The molecule has 0 radical (unpaired) electrons. The summed E-state index contributed by atoms with van der Waals surface area (Å²) in [6, 6.07) is 0. The molecule has 0 fully saturated rings. The molecular weight excluding hydrogens is 294 g/mol. The van der Waals surface area contributed by atoms with Crippen LogP contribution in [0, 0.1) is 0 Å². The molecule has 1 amide bonds. The van der Waals surface area contributed by atoms with Crippen LogP contribution in [0.3, 0.4) is 0 Å². The molecule has 8 heteroatoms. The average Bonchev–Trinajstić information content (AvgIpc) is 2.94. The number of rotatable bonds is 3. The van der Waals surface area contributed by atoms with Crippen molar-refractivity contribution in [1.29, 1.82) is 0 Å². The zero-order chi connectivity index (χ0) is 14.9. The van der Waals surface area contributed by atoms with Gasteiger partial charge in [0.2, 0.25) is 0 Å². The maximum atomic E-state index is 12.1. The summed E-state index contributed by atoms with van der Waals surface area (Å²) in [7, 11) is 1.73. The van der Waals surface area contributed by atoms with Gasteiger partial charge < -0.3 is 11.1 Å². The fraction of sp³-hybridized carbons (Fsp3) is 0.417. The molecule has 6 nitrogen and oxygen atoms in total. The normalized spacial score (nSPS) is 11.4. The van der Waals surface area contributed by atoms with Crippen LogP contribution in [0.15, 0.2) is 5.38 Å². The van der Waals surface area contributed by atoms with Crippen LogP contribution >= 0.6 is 22.7 Å². The molecule has 0 aliphatic carbocycles. The minimum Gasteiger partial charge on any atom is -0.382 e. The number of nitrogen functional groups attached to an aromatic ring is 1. The molecule has 0 aromatic carbocycles. The Hall–Kier alpha value is -1.67. The third kappa shape index (κ3) is 3.07. The second-order valence-electron chi connectivity index (χ2n) is 5.23. The van der Waals surface area contributed by atoms with Gasteiger partial charge in [-0.2, -0.15) is 0 Å². The number of thiazole rings is 2. The molecule has 0 atom stereocenters. The molecule has 0 aliphatic rings. The van der Waals surface area contributed by atoms with E-state index in [9.17, 15) is 4.79 Å². The van der Waals surface area contributed by atoms with Gasteiger partial charge in [0.05, 0.1) is 5.69 Å². The van der Waals surface area contributed by atoms with E-state index in [-0.39, 0.29) is 17.1 Å². The predicted molar refractivity (Wildman–Crippen MR) is 84.8 cm³/mol. The number of amides is 1. The summed E-state index contributed by atoms with van der Waals surface area (Å²) in [4.78, 5) is 21.0. The molecule has 2 aromatic rings. The zero-order valence-corrected chi connectivity index (χ0v) is 13.4. The van der Waals surface area contributed by atoms with Crippen LogP contribution in [0.2, 0.25) is 0 Å². The first-order chi connectivity index (χ1) is 9.31. The fourth-order valence-electron chi connectivity index (χ4n) is 1.43. The van der Waals surface area contributed by atoms with E-state index in [0.717, 1.165) is 5.69 Å². The standard InChI is InChI=1S/C12H17N5OS2/c1-12(2,3)6-5-19-11(15-6)17-9(18)7-8(13)16-10(14-4)20-7/h5H,13H2,1-4H3,(H,14,16)(H,15,17,18). The lowest BCUT2D eigenvalue weighted by atomic mass is 9.93. The summed E-state index contributed by atoms with van der Waals surface area (Å²) in [5, 5.41) is 8.76. The summed E-state index contributed by atoms with van der Waals surface area (Å²) in [6.45, 7) is 6.23. The van der Waals surface area contributed by atoms with E-state index in [2.05, 4.69) is 41.4 Å². The molecule has 0 bridgehead atoms. The number of hydrogen-bond acceptors (Lipinski definition) is 7. The molecule has 2 aromatic heterocycles. The van der Waals surface area contributed by atoms with Crippen LogP contribution in [-0.2, 0) is 5.41 Å². The summed E-state index contributed by atoms with van der Waals surface area (Å²) in [5.41, 5.74) is 6.64. The van der Waals surface area contributed by atoms with Gasteiger partial charge in [0.15, 0.2) is 10.3 Å². The maximum absolute atomic E-state index is 12.1. The number of aromatic nitrogens is 2. The Kier molecular flexibility index (Phi) is 3.96. The molecule has 108 valence electrons. The van der Waals surface area contributed by atoms with Gasteiger partial charge in [-0.15, -0.1) is 11.3 Å². The lowest BCUT2D eigenvalue weighted by Crippen LogP contribution is -2.14. The van der Waals surface area contributed by atoms with E-state index in [1.54, 1.807) is 7.05 Å². The van der Waals surface area contributed by atoms with E-state index in [1.807, 2.05) is 5.38 Å². The van der Waals surface area contributed by atoms with Crippen molar-refractivity contribution in [3.8, 4) is 0 Å². The van der Waals surface area contributed by atoms with Crippen molar-refractivity contribution < 1.29 is 4.79 Å². The van der Waals surface area contributed by atoms with E-state index in [0.29, 0.717) is 15.1 Å². The number of anilines is 3. The summed E-state index contributed by atoms with van der Waals surface area (Å²) in [6.07, 6.45) is 0. The third-order valence-corrected chi connectivity index (χ3v) is 4.41. The summed E-state index contributed by atoms with van der Waals surface area (Å²) >= 11 is 2.62. The molecular formula is C12H17N5OS2. The molecule has 0 aliphatic heterocycles. The van der Waals surface area contributed by atoms with Gasteiger partial charge in [-0.05, 0) is 0 Å². The van der Waals surface area contributed by atoms with Gasteiger partial charge in [-0.3, -0.25) is 10.1 Å². The highest BCUT2D eigenvalue weighted by Crippen LogP contribution is 2.28. The van der Waals surface area contributed by atoms with E-state index >= 15 is 0 Å². The molecule has 20 heavy (non-hydrogen) atoms. The average molecular weight is 311 g/mol. The monoisotopic (exact) mass is 311 g/mol. The SMILES string of the molecule is CNc1nc(N)c(C(=O)Nc2nc(C(C)(C)C)cs2)s1. The Morgan fingerprint density at radius 2 is 2.00 bits per heavy atom. The topological polar surface area (TPSA) is 92.9 Å². The van der Waals surface area contributed by atoms with E-state index in [1.165, 1.54) is 22.7 Å². The summed E-state index contributed by atoms with van der Waals surface area (Å²) in [5.74, 6) is -0.0549. The molecule has 2 rings (SSSR count). The number of nitrogens with zero attached hydrogens (tertiary/aromatic N) is 2. The van der Waals surface area contributed by atoms with Crippen molar-refractivity contribution in [1.82, 2.24) is 9.97 Å². The quantitative estimate of drug-likeness (QED) is 0.810. The number of nitrogens with two attached hydrogens (primary N) is 1. The van der Waals surface area contributed by atoms with Gasteiger partial charge in [0.1, 0.15) is 10.7 Å². The Morgan fingerprint density at radius 1 is 1.30 bits per heavy atom. The first kappa shape index (κ1) is 14.7. The van der Waals surface area contributed by atoms with Crippen LogP contribution in [0.5, 0.6) is 0 Å². The van der Waals surface area contributed by atoms with E-state index < -0.39 is 0 Å². The van der Waals surface area contributed by atoms with Crippen molar-refractivity contribution in [3.05, 3.63) is 16.0 Å². The number of carbonyl (C=O) groups excluding carboxylic acids is 1. The van der Waals surface area contributed by atoms with Crippen molar-refractivity contribution in [2.75, 3.05) is 23.4 Å². The van der Waals surface area contributed by atoms with Crippen LogP contribution in [-0.4, -0.2) is 22.9 Å². The number of hydrogen-bond donors (Lipinski definition) is 3. The highest BCUT2D eigenvalue weighted by Gasteiger charge is 2.20. The minimum atomic E-state index is -0.281. The molecule has 0 unspecified atom stereocenters. The lowest BCUT2D eigenvalue weighted by Gasteiger charge is -2.14. The van der Waals surface area contributed by atoms with Crippen molar-refractivity contribution in [2.24, 2.45) is 0 Å². The summed E-state index contributed by atoms with van der Waals surface area (Å²) < 4.78 is 0. The highest BCUT2D eigenvalue weighted by molar-refractivity contribution is 7.18. The highest BCUT2D eigenvalue weighted by atomic mass is 32.1. The Morgan fingerprint density at radius 3 is 2.50 bits per heavy atom. The van der Waals surface area contributed by atoms with Crippen molar-refractivity contribution in [3.63, 3.8) is 0 Å². The van der Waals surface area contributed by atoms with E-state index in [4.69, 9.17) is 5.73 Å². The number of nitrogens with one attached hydrogen (secondary N) is 2. The van der Waals surface area contributed by atoms with Gasteiger partial charge in [0, 0.05) is 17.8 Å². The second kappa shape index (κ2) is 5.37. The first-order valence-corrected chi connectivity index (χ1v) is 7.72. The van der Waals surface area contributed by atoms with Crippen LogP contribution in [0.4, 0.5) is 16.1 Å². The Balaban J connectivity index is 2.15. The largest absolute Gasteiger partial charge is 0.382 e. The van der Waals surface area contributed by atoms with Crippen LogP contribution in [0.25, 0.3) is 0 Å². The van der Waals surface area contributed by atoms with Crippen molar-refractivity contribution in [2.45, 2.75) is 26.2 Å². The van der Waals surface area contributed by atoms with Crippen molar-refractivity contribution >= 4 is 44.7 Å². The molecule has 0 saturated carbocycles. The predicted octanol–water partition coefficient (Wildman–Crippen LogP) is 2.77. The van der Waals surface area contributed by atoms with Crippen LogP contribution in [0.1, 0.15) is 36.1 Å². The molecule has 4 N–H and O–H groups in total. The smallest absolute Gasteiger partial charge is 0.271 e. The van der Waals surface area contributed by atoms with Crippen LogP contribution < -0.4 is 16.4 Å². The Labute approximate surface area is 125 Å². The molecule has 0 saturated heterocycles. The van der Waals surface area contributed by atoms with Gasteiger partial charge >= 0.3 is 0 Å². The minimum absolute atomic E-state index is 0.0394. The fourth-order valence-corrected chi connectivity index (χ4v) is 3.10. The van der Waals surface area contributed by atoms with Gasteiger partial charge in [0.25, 0.3) is 5.91 Å². The first-order valence-electron chi connectivity index (χ1n) is 6.02. The van der Waals surface area contributed by atoms with Gasteiger partial charge in [-0.25, -0.2) is 9.97 Å². The van der Waals surface area contributed by atoms with Gasteiger partial charge in [-0.1, -0.05) is 32.1 Å².